The van der Waals surface area contributed by atoms with Gasteiger partial charge in [0, 0.05) is 18.0 Å². The second-order valence-electron chi connectivity index (χ2n) is 8.23. The lowest BCUT2D eigenvalue weighted by atomic mass is 10.1. The Morgan fingerprint density at radius 1 is 1.00 bits per heavy atom. The normalized spacial score (nSPS) is 11.2. The van der Waals surface area contributed by atoms with Gasteiger partial charge in [0.15, 0.2) is 11.5 Å². The number of aromatic nitrogens is 1. The Labute approximate surface area is 196 Å². The minimum absolute atomic E-state index is 0.258. The topological polar surface area (TPSA) is 64.8 Å². The average molecular weight is 450 g/mol. The van der Waals surface area contributed by atoms with E-state index in [2.05, 4.69) is 17.5 Å². The molecule has 3 aromatic rings. The van der Waals surface area contributed by atoms with Gasteiger partial charge in [0.1, 0.15) is 5.69 Å². The molecule has 0 radical (unpaired) electrons. The molecule has 0 saturated carbocycles. The zero-order valence-electron chi connectivity index (χ0n) is 20.0. The van der Waals surface area contributed by atoms with E-state index in [-0.39, 0.29) is 5.91 Å². The summed E-state index contributed by atoms with van der Waals surface area (Å²) in [6.45, 7) is 2.92. The average Bonchev–Trinajstić information content (AvgIpc) is 3.18. The van der Waals surface area contributed by atoms with Gasteiger partial charge in [-0.2, -0.15) is 5.10 Å². The maximum atomic E-state index is 12.6. The van der Waals surface area contributed by atoms with Gasteiger partial charge >= 0.3 is 0 Å². The summed E-state index contributed by atoms with van der Waals surface area (Å²) < 4.78 is 13.3. The molecular formula is C27H35N3O3. The summed E-state index contributed by atoms with van der Waals surface area (Å²) >= 11 is 0. The van der Waals surface area contributed by atoms with Crippen molar-refractivity contribution in [2.24, 2.45) is 12.1 Å². The highest BCUT2D eigenvalue weighted by Gasteiger charge is 2.12. The van der Waals surface area contributed by atoms with E-state index >= 15 is 0 Å². The smallest absolute Gasteiger partial charge is 0.287 e. The number of fused-ring (bicyclic) bond motifs is 1. The van der Waals surface area contributed by atoms with Gasteiger partial charge in [-0.05, 0) is 42.3 Å². The number of unbranched alkanes of at least 4 members (excludes halogenated alkanes) is 6. The minimum Gasteiger partial charge on any atom is -0.493 e. The zero-order valence-corrected chi connectivity index (χ0v) is 20.0. The van der Waals surface area contributed by atoms with Crippen LogP contribution in [0.2, 0.25) is 0 Å². The molecule has 1 heterocycles. The Kier molecular flexibility index (Phi) is 9.36. The number of methoxy groups -OCH3 is 1. The Hall–Kier alpha value is -3.28. The van der Waals surface area contributed by atoms with E-state index in [1.807, 2.05) is 60.1 Å². The number of carbonyl (C=O) groups excluding carboxylic acids is 1. The fourth-order valence-electron chi connectivity index (χ4n) is 3.85. The second kappa shape index (κ2) is 12.7. The van der Waals surface area contributed by atoms with Gasteiger partial charge in [-0.1, -0.05) is 63.6 Å². The predicted molar refractivity (Wildman–Crippen MR) is 134 cm³/mol. The molecule has 33 heavy (non-hydrogen) atoms. The number of ether oxygens (including phenoxy) is 2. The number of amides is 1. The van der Waals surface area contributed by atoms with Crippen LogP contribution in [0.4, 0.5) is 0 Å². The molecule has 0 unspecified atom stereocenters. The van der Waals surface area contributed by atoms with Crippen molar-refractivity contribution < 1.29 is 14.3 Å². The summed E-state index contributed by atoms with van der Waals surface area (Å²) in [5.74, 6) is 1.12. The molecule has 6 nitrogen and oxygen atoms in total. The van der Waals surface area contributed by atoms with Gasteiger partial charge in [0.2, 0.25) is 0 Å². The lowest BCUT2D eigenvalue weighted by molar-refractivity contribution is 0.0947. The van der Waals surface area contributed by atoms with Crippen LogP contribution in [0.25, 0.3) is 10.9 Å². The number of benzene rings is 2. The largest absolute Gasteiger partial charge is 0.493 e. The van der Waals surface area contributed by atoms with Gasteiger partial charge in [-0.25, -0.2) is 5.43 Å². The minimum atomic E-state index is -0.258. The van der Waals surface area contributed by atoms with Crippen LogP contribution in [-0.4, -0.2) is 30.4 Å². The van der Waals surface area contributed by atoms with E-state index in [0.717, 1.165) is 28.6 Å². The van der Waals surface area contributed by atoms with Crippen molar-refractivity contribution in [3.8, 4) is 11.5 Å². The highest BCUT2D eigenvalue weighted by molar-refractivity contribution is 5.99. The molecule has 0 atom stereocenters. The molecule has 1 aromatic heterocycles. The SMILES string of the molecule is CCCCCCCCCOc1ccc(/C=N/NC(=O)c2cc3ccccc3n2C)cc1OC. The van der Waals surface area contributed by atoms with E-state index in [1.165, 1.54) is 38.5 Å². The second-order valence-corrected chi connectivity index (χ2v) is 8.23. The standard InChI is InChI=1S/C27H35N3O3/c1-4-5-6-7-8-9-12-17-33-25-16-15-21(18-26(25)32-3)20-28-29-27(31)24-19-22-13-10-11-14-23(22)30(24)2/h10-11,13-16,18-20H,4-9,12,17H2,1-3H3,(H,29,31)/b28-20+. The molecule has 1 amide bonds. The summed E-state index contributed by atoms with van der Waals surface area (Å²) in [6, 6.07) is 15.4. The monoisotopic (exact) mass is 449 g/mol. The van der Waals surface area contributed by atoms with Crippen LogP contribution in [0.15, 0.2) is 53.6 Å². The van der Waals surface area contributed by atoms with Crippen molar-refractivity contribution in [2.75, 3.05) is 13.7 Å². The molecule has 0 fully saturated rings. The van der Waals surface area contributed by atoms with E-state index in [0.29, 0.717) is 18.1 Å². The number of nitrogens with zero attached hydrogens (tertiary/aromatic N) is 2. The number of rotatable bonds is 13. The van der Waals surface area contributed by atoms with Crippen LogP contribution in [0.5, 0.6) is 11.5 Å². The Balaban J connectivity index is 1.50. The summed E-state index contributed by atoms with van der Waals surface area (Å²) in [7, 11) is 3.50. The van der Waals surface area contributed by atoms with Crippen LogP contribution >= 0.6 is 0 Å². The summed E-state index contributed by atoms with van der Waals surface area (Å²) in [5.41, 5.74) is 4.98. The van der Waals surface area contributed by atoms with E-state index in [4.69, 9.17) is 9.47 Å². The fraction of sp³-hybridized carbons (Fsp3) is 0.407. The fourth-order valence-corrected chi connectivity index (χ4v) is 3.85. The van der Waals surface area contributed by atoms with E-state index in [9.17, 15) is 4.79 Å². The quantitative estimate of drug-likeness (QED) is 0.195. The first kappa shape index (κ1) is 24.4. The van der Waals surface area contributed by atoms with Crippen molar-refractivity contribution in [2.45, 2.75) is 51.9 Å². The molecule has 0 aliphatic carbocycles. The lowest BCUT2D eigenvalue weighted by Gasteiger charge is -2.11. The van der Waals surface area contributed by atoms with E-state index in [1.54, 1.807) is 13.3 Å². The maximum Gasteiger partial charge on any atom is 0.287 e. The van der Waals surface area contributed by atoms with Crippen LogP contribution in [-0.2, 0) is 7.05 Å². The highest BCUT2D eigenvalue weighted by Crippen LogP contribution is 2.28. The maximum absolute atomic E-state index is 12.6. The van der Waals surface area contributed by atoms with Crippen molar-refractivity contribution >= 4 is 23.0 Å². The molecule has 2 aromatic carbocycles. The summed E-state index contributed by atoms with van der Waals surface area (Å²) in [4.78, 5) is 12.6. The number of hydrogen-bond donors (Lipinski definition) is 1. The highest BCUT2D eigenvalue weighted by atomic mass is 16.5. The predicted octanol–water partition coefficient (Wildman–Crippen LogP) is 6.08. The van der Waals surface area contributed by atoms with Crippen LogP contribution in [0.3, 0.4) is 0 Å². The van der Waals surface area contributed by atoms with Crippen molar-refractivity contribution in [1.82, 2.24) is 9.99 Å². The first-order valence-corrected chi connectivity index (χ1v) is 11.8. The van der Waals surface area contributed by atoms with Crippen LogP contribution in [0.1, 0.15) is 67.9 Å². The molecule has 0 spiro atoms. The number of para-hydroxylation sites is 1. The first-order chi connectivity index (χ1) is 16.1. The van der Waals surface area contributed by atoms with Crippen molar-refractivity contribution in [1.29, 1.82) is 0 Å². The zero-order chi connectivity index (χ0) is 23.5. The number of aryl methyl sites for hydroxylation is 1. The Bertz CT molecular complexity index is 1070. The number of carbonyl (C=O) groups is 1. The van der Waals surface area contributed by atoms with Gasteiger partial charge in [0.25, 0.3) is 5.91 Å². The molecule has 0 aliphatic heterocycles. The third-order valence-electron chi connectivity index (χ3n) is 5.76. The molecule has 0 saturated heterocycles. The molecule has 0 aliphatic rings. The number of nitrogens with one attached hydrogen (secondary N) is 1. The lowest BCUT2D eigenvalue weighted by Crippen LogP contribution is -2.20. The van der Waals surface area contributed by atoms with Gasteiger partial charge in [-0.15, -0.1) is 0 Å². The molecule has 3 rings (SSSR count). The Morgan fingerprint density at radius 2 is 1.76 bits per heavy atom. The van der Waals surface area contributed by atoms with E-state index < -0.39 is 0 Å². The van der Waals surface area contributed by atoms with Gasteiger partial charge in [0.05, 0.1) is 19.9 Å². The third kappa shape index (κ3) is 6.85. The van der Waals surface area contributed by atoms with Gasteiger partial charge in [-0.3, -0.25) is 4.79 Å². The number of hydrazone groups is 1. The summed E-state index contributed by atoms with van der Waals surface area (Å²) in [6.07, 6.45) is 10.3. The van der Waals surface area contributed by atoms with Crippen molar-refractivity contribution in [3.05, 3.63) is 59.8 Å². The van der Waals surface area contributed by atoms with Gasteiger partial charge < -0.3 is 14.0 Å². The molecule has 1 N–H and O–H groups in total. The molecular weight excluding hydrogens is 414 g/mol. The first-order valence-electron chi connectivity index (χ1n) is 11.8. The molecule has 6 heteroatoms. The molecule has 0 bridgehead atoms. The Morgan fingerprint density at radius 3 is 2.52 bits per heavy atom. The van der Waals surface area contributed by atoms with Crippen LogP contribution < -0.4 is 14.9 Å². The molecule has 176 valence electrons. The van der Waals surface area contributed by atoms with Crippen molar-refractivity contribution in [3.63, 3.8) is 0 Å². The summed E-state index contributed by atoms with van der Waals surface area (Å²) in [5, 5.41) is 5.14. The third-order valence-corrected chi connectivity index (χ3v) is 5.76. The number of hydrogen-bond acceptors (Lipinski definition) is 4. The van der Waals surface area contributed by atoms with Crippen LogP contribution in [0, 0.1) is 0 Å².